The van der Waals surface area contributed by atoms with E-state index in [1.807, 2.05) is 30.5 Å². The van der Waals surface area contributed by atoms with Gasteiger partial charge < -0.3 is 4.81 Å². The van der Waals surface area contributed by atoms with Crippen LogP contribution >= 0.6 is 0 Å². The van der Waals surface area contributed by atoms with Crippen molar-refractivity contribution in [1.29, 1.82) is 0 Å². The number of allylic oxidation sites excluding steroid dienone is 2. The molecule has 17 heavy (non-hydrogen) atoms. The lowest BCUT2D eigenvalue weighted by molar-refractivity contribution is -0.113. The van der Waals surface area contributed by atoms with E-state index in [0.717, 1.165) is 12.1 Å². The van der Waals surface area contributed by atoms with Gasteiger partial charge in [0.25, 0.3) is 0 Å². The number of carbonyl (C=O) groups is 1. The Balaban J connectivity index is 2.28. The van der Waals surface area contributed by atoms with Crippen molar-refractivity contribution in [1.82, 2.24) is 4.81 Å². The molecule has 0 saturated carbocycles. The topological polar surface area (TPSA) is 20.3 Å². The first-order valence-corrected chi connectivity index (χ1v) is 5.94. The first-order chi connectivity index (χ1) is 8.22. The van der Waals surface area contributed by atoms with Crippen molar-refractivity contribution in [2.45, 2.75) is 13.8 Å². The van der Waals surface area contributed by atoms with E-state index >= 15 is 0 Å². The van der Waals surface area contributed by atoms with Gasteiger partial charge >= 0.3 is 6.85 Å². The van der Waals surface area contributed by atoms with E-state index in [9.17, 15) is 4.79 Å². The molecule has 0 aromatic heterocycles. The van der Waals surface area contributed by atoms with Crippen LogP contribution < -0.4 is 5.46 Å². The van der Waals surface area contributed by atoms with Crippen molar-refractivity contribution < 1.29 is 4.79 Å². The molecule has 0 N–H and O–H groups in total. The minimum absolute atomic E-state index is 0.117. The van der Waals surface area contributed by atoms with Crippen molar-refractivity contribution in [3.05, 3.63) is 54.2 Å². The van der Waals surface area contributed by atoms with Gasteiger partial charge in [-0.15, -0.1) is 0 Å². The summed E-state index contributed by atoms with van der Waals surface area (Å²) in [5, 5.41) is 0. The normalized spacial score (nSPS) is 14.8. The summed E-state index contributed by atoms with van der Waals surface area (Å²) in [6, 6.07) is 10.3. The molecule has 1 aromatic rings. The molecule has 3 heteroatoms. The second kappa shape index (κ2) is 5.04. The van der Waals surface area contributed by atoms with Gasteiger partial charge in [-0.25, -0.2) is 0 Å². The number of carbonyl (C=O) groups excluding carboxylic acids is 1. The van der Waals surface area contributed by atoms with E-state index in [2.05, 4.69) is 29.8 Å². The summed E-state index contributed by atoms with van der Waals surface area (Å²) in [7, 11) is 0. The minimum Gasteiger partial charge on any atom is -0.413 e. The maximum absolute atomic E-state index is 11.4. The fourth-order valence-corrected chi connectivity index (χ4v) is 2.06. The van der Waals surface area contributed by atoms with Gasteiger partial charge in [-0.3, -0.25) is 4.79 Å². The van der Waals surface area contributed by atoms with E-state index in [1.54, 1.807) is 6.92 Å². The van der Waals surface area contributed by atoms with Crippen molar-refractivity contribution in [2.24, 2.45) is 0 Å². The van der Waals surface area contributed by atoms with Crippen molar-refractivity contribution >= 4 is 18.1 Å². The summed E-state index contributed by atoms with van der Waals surface area (Å²) in [6.45, 7) is 4.83. The first-order valence-electron chi connectivity index (χ1n) is 5.94. The minimum atomic E-state index is 0.117. The Labute approximate surface area is 103 Å². The van der Waals surface area contributed by atoms with E-state index in [0.29, 0.717) is 0 Å². The molecule has 0 spiro atoms. The average Bonchev–Trinajstić information content (AvgIpc) is 2.39. The van der Waals surface area contributed by atoms with Crippen LogP contribution in [-0.4, -0.2) is 24.0 Å². The van der Waals surface area contributed by atoms with Crippen molar-refractivity contribution in [3.63, 3.8) is 0 Å². The van der Waals surface area contributed by atoms with Gasteiger partial charge in [-0.05, 0) is 20.0 Å². The third kappa shape index (κ3) is 2.49. The largest absolute Gasteiger partial charge is 0.413 e. The van der Waals surface area contributed by atoms with Crippen LogP contribution in [0.15, 0.2) is 54.2 Å². The maximum atomic E-state index is 11.4. The molecule has 0 aliphatic carbocycles. The third-order valence-corrected chi connectivity index (χ3v) is 3.03. The zero-order valence-corrected chi connectivity index (χ0v) is 10.3. The molecule has 2 rings (SSSR count). The maximum Gasteiger partial charge on any atom is 0.315 e. The molecule has 1 aliphatic rings. The predicted molar refractivity (Wildman–Crippen MR) is 72.1 cm³/mol. The number of Topliss-reactive ketones (excluding diaryl/α,β-unsaturated/α-hetero) is 1. The Morgan fingerprint density at radius 1 is 1.29 bits per heavy atom. The Bertz CT molecular complexity index is 464. The highest BCUT2D eigenvalue weighted by Gasteiger charge is 2.23. The van der Waals surface area contributed by atoms with E-state index < -0.39 is 0 Å². The van der Waals surface area contributed by atoms with Gasteiger partial charge in [-0.2, -0.15) is 0 Å². The fraction of sp³-hybridized carbons (Fsp3) is 0.214. The van der Waals surface area contributed by atoms with Gasteiger partial charge in [0.15, 0.2) is 5.78 Å². The molecule has 0 fully saturated rings. The molecular formula is C14H16BNO. The predicted octanol–water partition coefficient (Wildman–Crippen LogP) is 1.79. The van der Waals surface area contributed by atoms with E-state index in [-0.39, 0.29) is 12.6 Å². The van der Waals surface area contributed by atoms with Gasteiger partial charge in [0.2, 0.25) is 0 Å². The van der Waals surface area contributed by atoms with Crippen LogP contribution in [0.3, 0.4) is 0 Å². The molecule has 0 amide bonds. The van der Waals surface area contributed by atoms with E-state index in [1.165, 1.54) is 5.46 Å². The molecular weight excluding hydrogens is 209 g/mol. The van der Waals surface area contributed by atoms with Crippen molar-refractivity contribution in [3.8, 4) is 0 Å². The van der Waals surface area contributed by atoms with Crippen LogP contribution in [0.2, 0.25) is 0 Å². The van der Waals surface area contributed by atoms with Gasteiger partial charge in [0.05, 0.1) is 0 Å². The Morgan fingerprint density at radius 2 is 2.00 bits per heavy atom. The van der Waals surface area contributed by atoms with Gasteiger partial charge in [-0.1, -0.05) is 47.8 Å². The number of benzene rings is 1. The number of hydrogen-bond donors (Lipinski definition) is 0. The highest BCUT2D eigenvalue weighted by molar-refractivity contribution is 6.75. The molecule has 86 valence electrons. The lowest BCUT2D eigenvalue weighted by atomic mass is 9.53. The van der Waals surface area contributed by atoms with Crippen LogP contribution in [-0.2, 0) is 4.79 Å². The SMILES string of the molecule is CCN1C=C(C(C)=O)C=CB1c1ccccc1. The van der Waals surface area contributed by atoms with Gasteiger partial charge in [0.1, 0.15) is 0 Å². The first kappa shape index (κ1) is 11.7. The molecule has 0 atom stereocenters. The average molecular weight is 225 g/mol. The Hall–Kier alpha value is -1.77. The number of ketones is 1. The zero-order valence-electron chi connectivity index (χ0n) is 10.3. The summed E-state index contributed by atoms with van der Waals surface area (Å²) in [5.41, 5.74) is 2.03. The molecule has 0 radical (unpaired) electrons. The number of rotatable bonds is 3. The highest BCUT2D eigenvalue weighted by atomic mass is 16.1. The number of hydrogen-bond acceptors (Lipinski definition) is 2. The van der Waals surface area contributed by atoms with Crippen LogP contribution in [0.25, 0.3) is 0 Å². The zero-order chi connectivity index (χ0) is 12.3. The second-order valence-corrected chi connectivity index (χ2v) is 4.19. The summed E-state index contributed by atoms with van der Waals surface area (Å²) in [6.07, 6.45) is 3.88. The monoisotopic (exact) mass is 225 g/mol. The van der Waals surface area contributed by atoms with Gasteiger partial charge in [0, 0.05) is 12.1 Å². The standard InChI is InChI=1S/C14H16BNO/c1-3-16-11-13(12(2)17)9-10-15(16)14-7-5-4-6-8-14/h4-11H,3H2,1-2H3. The molecule has 0 unspecified atom stereocenters. The molecule has 1 heterocycles. The van der Waals surface area contributed by atoms with Crippen LogP contribution in [0.5, 0.6) is 0 Å². The van der Waals surface area contributed by atoms with Crippen LogP contribution in [0.4, 0.5) is 0 Å². The quantitative estimate of drug-likeness (QED) is 0.731. The summed E-state index contributed by atoms with van der Waals surface area (Å²) in [5.74, 6) is 2.21. The molecule has 0 saturated heterocycles. The van der Waals surface area contributed by atoms with E-state index in [4.69, 9.17) is 0 Å². The Kier molecular flexibility index (Phi) is 3.47. The molecule has 0 bridgehead atoms. The summed E-state index contributed by atoms with van der Waals surface area (Å²) in [4.78, 5) is 13.5. The molecule has 1 aromatic carbocycles. The summed E-state index contributed by atoms with van der Waals surface area (Å²) < 4.78 is 0. The number of nitrogens with zero attached hydrogens (tertiary/aromatic N) is 1. The summed E-state index contributed by atoms with van der Waals surface area (Å²) >= 11 is 0. The highest BCUT2D eigenvalue weighted by Crippen LogP contribution is 2.12. The third-order valence-electron chi connectivity index (χ3n) is 3.03. The van der Waals surface area contributed by atoms with Crippen LogP contribution in [0.1, 0.15) is 13.8 Å². The van der Waals surface area contributed by atoms with Crippen LogP contribution in [0, 0.1) is 0 Å². The molecule has 1 aliphatic heterocycles. The molecule has 2 nitrogen and oxygen atoms in total. The lowest BCUT2D eigenvalue weighted by Crippen LogP contribution is -2.45. The Morgan fingerprint density at radius 3 is 2.59 bits per heavy atom. The fourth-order valence-electron chi connectivity index (χ4n) is 2.06. The van der Waals surface area contributed by atoms with Crippen molar-refractivity contribution in [2.75, 3.05) is 6.54 Å². The lowest BCUT2D eigenvalue weighted by Gasteiger charge is -2.28. The second-order valence-electron chi connectivity index (χ2n) is 4.19. The smallest absolute Gasteiger partial charge is 0.315 e.